The third kappa shape index (κ3) is 5.10. The van der Waals surface area contributed by atoms with E-state index in [-0.39, 0.29) is 58.8 Å². The number of ether oxygens (including phenoxy) is 1. The summed E-state index contributed by atoms with van der Waals surface area (Å²) in [5, 5.41) is 28.3. The highest BCUT2D eigenvalue weighted by Crippen LogP contribution is 2.38. The molecule has 0 fully saturated rings. The van der Waals surface area contributed by atoms with Crippen LogP contribution < -0.4 is 9.38 Å². The number of carbonyl (C=O) groups excluding carboxylic acids is 5. The first-order valence-electron chi connectivity index (χ1n) is 14.6. The van der Waals surface area contributed by atoms with E-state index in [2.05, 4.69) is 0 Å². The van der Waals surface area contributed by atoms with Crippen LogP contribution in [-0.2, 0) is 11.2 Å². The molecule has 12 heteroatoms. The van der Waals surface area contributed by atoms with Crippen LogP contribution in [-0.4, -0.2) is 77.3 Å². The van der Waals surface area contributed by atoms with E-state index in [0.717, 1.165) is 16.0 Å². The minimum atomic E-state index is -1.33. The number of amides is 4. The van der Waals surface area contributed by atoms with Gasteiger partial charge in [-0.05, 0) is 60.0 Å². The van der Waals surface area contributed by atoms with Crippen LogP contribution in [0.5, 0.6) is 0 Å². The van der Waals surface area contributed by atoms with Crippen molar-refractivity contribution in [1.82, 2.24) is 4.48 Å². The lowest BCUT2D eigenvalue weighted by molar-refractivity contribution is 0.0433. The summed E-state index contributed by atoms with van der Waals surface area (Å²) in [5.74, 6) is -4.51. The average Bonchev–Trinajstić information content (AvgIpc) is 3.46. The van der Waals surface area contributed by atoms with E-state index >= 15 is 0 Å². The molecule has 12 nitrogen and oxygen atoms in total. The zero-order valence-corrected chi connectivity index (χ0v) is 24.7. The van der Waals surface area contributed by atoms with Crippen molar-refractivity contribution in [2.45, 2.75) is 6.42 Å². The molecule has 2 aliphatic rings. The minimum absolute atomic E-state index is 0.00780. The van der Waals surface area contributed by atoms with Crippen LogP contribution in [0.4, 0.5) is 11.4 Å². The Kier molecular flexibility index (Phi) is 8.07. The van der Waals surface area contributed by atoms with Gasteiger partial charge in [-0.25, -0.2) is 24.1 Å². The van der Waals surface area contributed by atoms with Crippen LogP contribution in [0.1, 0.15) is 73.3 Å². The molecule has 0 saturated heterocycles. The summed E-state index contributed by atoms with van der Waals surface area (Å²) >= 11 is 0. The van der Waals surface area contributed by atoms with Crippen molar-refractivity contribution >= 4 is 46.9 Å². The lowest BCUT2D eigenvalue weighted by Gasteiger charge is -2.27. The van der Waals surface area contributed by atoms with Crippen LogP contribution in [0.2, 0.25) is 0 Å². The normalized spacial score (nSPS) is 16.8. The Morgan fingerprint density at radius 3 is 2.02 bits per heavy atom. The second-order valence-electron chi connectivity index (χ2n) is 11.0. The molecule has 3 N–H and O–H groups in total. The molecule has 6 rings (SSSR count). The molecule has 2 heterocycles. The molecule has 1 atom stereocenters. The second-order valence-corrected chi connectivity index (χ2v) is 11.0. The summed E-state index contributed by atoms with van der Waals surface area (Å²) < 4.78 is 4.03. The summed E-state index contributed by atoms with van der Waals surface area (Å²) in [6.07, 6.45) is 0.424. The smallest absolute Gasteiger partial charge is 0.360 e. The van der Waals surface area contributed by atoms with Gasteiger partial charge < -0.3 is 20.1 Å². The van der Waals surface area contributed by atoms with Crippen LogP contribution in [0, 0.1) is 0 Å². The van der Waals surface area contributed by atoms with Crippen LogP contribution in [0.25, 0.3) is 0 Å². The van der Waals surface area contributed by atoms with E-state index in [0.29, 0.717) is 12.1 Å². The number of benzene rings is 4. The van der Waals surface area contributed by atoms with Crippen LogP contribution >= 0.6 is 0 Å². The SMILES string of the molecule is O=C(OCCO)c1ccc2c(c1)C(=O)N(c1ccc(Cc3ccc([N+]4(CCO)C(=O)c5cccc(C(=O)O)c5C4=O)cc3)cc1)C2=O. The topological polar surface area (TPSA) is 176 Å². The van der Waals surface area contributed by atoms with Gasteiger partial charge in [0, 0.05) is 12.1 Å². The number of aromatic carboxylic acids is 1. The molecular weight excluding hydrogens is 608 g/mol. The van der Waals surface area contributed by atoms with Crippen molar-refractivity contribution in [2.24, 2.45) is 0 Å². The van der Waals surface area contributed by atoms with E-state index in [1.54, 1.807) is 48.5 Å². The highest BCUT2D eigenvalue weighted by Gasteiger charge is 2.56. The Balaban J connectivity index is 1.20. The molecule has 4 aromatic rings. The lowest BCUT2D eigenvalue weighted by atomic mass is 10.0. The molecule has 2 aliphatic heterocycles. The Bertz CT molecular complexity index is 1980. The monoisotopic (exact) mass is 635 g/mol. The van der Waals surface area contributed by atoms with Gasteiger partial charge in [-0.1, -0.05) is 30.3 Å². The van der Waals surface area contributed by atoms with Gasteiger partial charge in [-0.15, -0.1) is 0 Å². The maximum atomic E-state index is 13.7. The highest BCUT2D eigenvalue weighted by molar-refractivity contribution is 6.35. The fraction of sp³-hybridized carbons (Fsp3) is 0.143. The number of rotatable bonds is 10. The van der Waals surface area contributed by atoms with Crippen molar-refractivity contribution in [3.63, 3.8) is 0 Å². The maximum absolute atomic E-state index is 13.7. The second kappa shape index (κ2) is 12.2. The molecule has 0 saturated carbocycles. The highest BCUT2D eigenvalue weighted by atomic mass is 16.5. The van der Waals surface area contributed by atoms with Crippen molar-refractivity contribution in [2.75, 3.05) is 31.3 Å². The standard InChI is InChI=1S/C35H26N2O10/c38-15-14-37(32(42)26-2-1-3-27(34(44)45)29(26)33(37)43)24-11-6-21(7-12-24)18-20-4-9-23(10-5-20)36-30(40)25-13-8-22(19-28(25)31(36)41)35(46)47-17-16-39/h1-13,19,38-39H,14-18H2/p+1. The van der Waals surface area contributed by atoms with Crippen molar-refractivity contribution < 1.29 is 48.8 Å². The van der Waals surface area contributed by atoms with E-state index in [1.165, 1.54) is 36.4 Å². The minimum Gasteiger partial charge on any atom is -0.478 e. The van der Waals surface area contributed by atoms with Crippen molar-refractivity contribution in [1.29, 1.82) is 0 Å². The number of aliphatic hydroxyl groups is 2. The Labute approximate surface area is 267 Å². The van der Waals surface area contributed by atoms with Gasteiger partial charge in [0.15, 0.2) is 0 Å². The van der Waals surface area contributed by atoms with Gasteiger partial charge in [-0.3, -0.25) is 9.59 Å². The van der Waals surface area contributed by atoms with E-state index in [4.69, 9.17) is 9.84 Å². The Morgan fingerprint density at radius 2 is 1.38 bits per heavy atom. The van der Waals surface area contributed by atoms with Gasteiger partial charge >= 0.3 is 23.8 Å². The molecule has 1 unspecified atom stereocenters. The molecule has 0 aliphatic carbocycles. The van der Waals surface area contributed by atoms with E-state index in [9.17, 15) is 39.0 Å². The van der Waals surface area contributed by atoms with Gasteiger partial charge in [0.1, 0.15) is 24.4 Å². The fourth-order valence-corrected chi connectivity index (χ4v) is 6.04. The summed E-state index contributed by atoms with van der Waals surface area (Å²) in [6, 6.07) is 21.6. The maximum Gasteiger partial charge on any atom is 0.360 e. The average molecular weight is 636 g/mol. The van der Waals surface area contributed by atoms with Crippen molar-refractivity contribution in [3.8, 4) is 0 Å². The number of nitrogens with zero attached hydrogens (tertiary/aromatic N) is 2. The Hall–Kier alpha value is -5.82. The number of esters is 1. The van der Waals surface area contributed by atoms with Crippen LogP contribution in [0.3, 0.4) is 0 Å². The summed E-state index contributed by atoms with van der Waals surface area (Å²) in [7, 11) is 0. The molecular formula is C35H27N2O10+. The number of quaternary nitrogens is 1. The summed E-state index contributed by atoms with van der Waals surface area (Å²) in [5.41, 5.74) is 2.10. The van der Waals surface area contributed by atoms with Crippen molar-refractivity contribution in [3.05, 3.63) is 129 Å². The fourth-order valence-electron chi connectivity index (χ4n) is 6.04. The number of carboxylic acids is 1. The molecule has 47 heavy (non-hydrogen) atoms. The number of carbonyl (C=O) groups is 6. The molecule has 0 bridgehead atoms. The van der Waals surface area contributed by atoms with Gasteiger partial charge in [0.25, 0.3) is 11.8 Å². The molecule has 0 spiro atoms. The third-order valence-corrected chi connectivity index (χ3v) is 8.29. The number of hydrogen-bond acceptors (Lipinski definition) is 9. The largest absolute Gasteiger partial charge is 0.478 e. The summed E-state index contributed by atoms with van der Waals surface area (Å²) in [4.78, 5) is 78.5. The molecule has 236 valence electrons. The number of imide groups is 2. The molecule has 4 amide bonds. The predicted molar refractivity (Wildman–Crippen MR) is 166 cm³/mol. The predicted octanol–water partition coefficient (Wildman–Crippen LogP) is 3.22. The summed E-state index contributed by atoms with van der Waals surface area (Å²) in [6.45, 7) is -1.30. The first-order valence-corrected chi connectivity index (χ1v) is 14.6. The first-order chi connectivity index (χ1) is 22.6. The molecule has 0 radical (unpaired) electrons. The quantitative estimate of drug-likeness (QED) is 0.133. The van der Waals surface area contributed by atoms with E-state index in [1.807, 2.05) is 0 Å². The van der Waals surface area contributed by atoms with Crippen LogP contribution in [0.15, 0.2) is 84.9 Å². The van der Waals surface area contributed by atoms with Gasteiger partial charge in [0.05, 0.1) is 46.7 Å². The molecule has 4 aromatic carbocycles. The number of aliphatic hydroxyl groups excluding tert-OH is 2. The number of carboxylic acid groups (broad SMARTS) is 1. The lowest BCUT2D eigenvalue weighted by Crippen LogP contribution is -2.56. The number of anilines is 1. The zero-order valence-electron chi connectivity index (χ0n) is 24.7. The van der Waals surface area contributed by atoms with Gasteiger partial charge in [-0.2, -0.15) is 4.48 Å². The third-order valence-electron chi connectivity index (χ3n) is 8.29. The number of hydrogen-bond donors (Lipinski definition) is 3. The first kappa shape index (κ1) is 31.2. The Morgan fingerprint density at radius 1 is 0.723 bits per heavy atom. The van der Waals surface area contributed by atoms with E-state index < -0.39 is 46.7 Å². The zero-order chi connectivity index (χ0) is 33.5. The number of fused-ring (bicyclic) bond motifs is 2. The van der Waals surface area contributed by atoms with Gasteiger partial charge in [0.2, 0.25) is 0 Å². The molecule has 0 aromatic heterocycles.